The van der Waals surface area contributed by atoms with Crippen molar-refractivity contribution in [3.63, 3.8) is 0 Å². The predicted octanol–water partition coefficient (Wildman–Crippen LogP) is 2.88. The minimum Gasteiger partial charge on any atom is -0.399 e. The van der Waals surface area contributed by atoms with Gasteiger partial charge in [0.1, 0.15) is 6.07 Å². The zero-order valence-electron chi connectivity index (χ0n) is 16.2. The van der Waals surface area contributed by atoms with Crippen molar-refractivity contribution in [3.8, 4) is 18.2 Å². The van der Waals surface area contributed by atoms with Crippen molar-refractivity contribution < 1.29 is 5.11 Å². The molecule has 1 aromatic rings. The SMILES string of the molecule is CCCN1CC=C2C(C#N)=C(N)C(C#N)(C#N)C(c3cccs3)C2C1.CCO. The fourth-order valence-electron chi connectivity index (χ4n) is 4.01. The number of nitriles is 3. The summed E-state index contributed by atoms with van der Waals surface area (Å²) in [6.45, 7) is 6.50. The zero-order valence-corrected chi connectivity index (χ0v) is 17.0. The second-order valence-corrected chi connectivity index (χ2v) is 7.75. The maximum Gasteiger partial charge on any atom is 0.192 e. The maximum atomic E-state index is 9.93. The Kier molecular flexibility index (Phi) is 7.38. The van der Waals surface area contributed by atoms with Crippen molar-refractivity contribution in [1.29, 1.82) is 15.8 Å². The number of hydrogen-bond donors (Lipinski definition) is 2. The number of thiophene rings is 1. The number of rotatable bonds is 3. The van der Waals surface area contributed by atoms with Crippen LogP contribution in [-0.4, -0.2) is 36.2 Å². The topological polar surface area (TPSA) is 121 Å². The smallest absolute Gasteiger partial charge is 0.192 e. The summed E-state index contributed by atoms with van der Waals surface area (Å²) in [5.74, 6) is -0.439. The molecule has 0 spiro atoms. The highest BCUT2D eigenvalue weighted by atomic mass is 32.1. The summed E-state index contributed by atoms with van der Waals surface area (Å²) >= 11 is 1.53. The van der Waals surface area contributed by atoms with E-state index in [0.717, 1.165) is 36.5 Å². The third-order valence-electron chi connectivity index (χ3n) is 5.13. The summed E-state index contributed by atoms with van der Waals surface area (Å²) in [5.41, 5.74) is 6.06. The van der Waals surface area contributed by atoms with Crippen LogP contribution in [0.5, 0.6) is 0 Å². The van der Waals surface area contributed by atoms with Gasteiger partial charge in [0.2, 0.25) is 0 Å². The van der Waals surface area contributed by atoms with Crippen LogP contribution in [0.3, 0.4) is 0 Å². The molecular weight excluding hydrogens is 370 g/mol. The van der Waals surface area contributed by atoms with Crippen molar-refractivity contribution in [1.82, 2.24) is 4.90 Å². The van der Waals surface area contributed by atoms with Crippen LogP contribution in [0.25, 0.3) is 0 Å². The van der Waals surface area contributed by atoms with Crippen LogP contribution in [0.1, 0.15) is 31.1 Å². The molecule has 1 aromatic heterocycles. The van der Waals surface area contributed by atoms with Crippen molar-refractivity contribution in [2.45, 2.75) is 26.2 Å². The van der Waals surface area contributed by atoms with E-state index in [1.165, 1.54) is 11.3 Å². The quantitative estimate of drug-likeness (QED) is 0.812. The summed E-state index contributed by atoms with van der Waals surface area (Å²) in [4.78, 5) is 3.28. The molecule has 2 unspecified atom stereocenters. The number of nitrogens with zero attached hydrogens (tertiary/aromatic N) is 4. The van der Waals surface area contributed by atoms with Gasteiger partial charge < -0.3 is 10.8 Å². The van der Waals surface area contributed by atoms with Crippen LogP contribution < -0.4 is 5.73 Å². The Morgan fingerprint density at radius 1 is 1.32 bits per heavy atom. The van der Waals surface area contributed by atoms with E-state index in [2.05, 4.69) is 36.1 Å². The Morgan fingerprint density at radius 3 is 2.50 bits per heavy atom. The average molecular weight is 396 g/mol. The third-order valence-corrected chi connectivity index (χ3v) is 6.08. The molecule has 0 radical (unpaired) electrons. The fourth-order valence-corrected chi connectivity index (χ4v) is 4.97. The second-order valence-electron chi connectivity index (χ2n) is 6.77. The van der Waals surface area contributed by atoms with Crippen LogP contribution in [0.2, 0.25) is 0 Å². The minimum atomic E-state index is -1.51. The summed E-state index contributed by atoms with van der Waals surface area (Å²) in [6, 6.07) is 10.4. The van der Waals surface area contributed by atoms with Crippen molar-refractivity contribution in [2.24, 2.45) is 17.1 Å². The molecule has 2 aliphatic rings. The minimum absolute atomic E-state index is 0.0831. The van der Waals surface area contributed by atoms with E-state index in [-0.39, 0.29) is 24.1 Å². The fraction of sp³-hybridized carbons (Fsp3) is 0.476. The van der Waals surface area contributed by atoms with Crippen LogP contribution in [0.4, 0.5) is 0 Å². The maximum absolute atomic E-state index is 9.93. The van der Waals surface area contributed by atoms with Crippen LogP contribution in [0, 0.1) is 45.3 Å². The zero-order chi connectivity index (χ0) is 20.7. The summed E-state index contributed by atoms with van der Waals surface area (Å²) in [7, 11) is 0. The Hall–Kier alpha value is -2.63. The molecule has 146 valence electrons. The van der Waals surface area contributed by atoms with E-state index < -0.39 is 5.41 Å². The number of aliphatic hydroxyl groups excluding tert-OH is 1. The Bertz CT molecular complexity index is 852. The molecule has 0 bridgehead atoms. The van der Waals surface area contributed by atoms with E-state index in [0.29, 0.717) is 5.57 Å². The van der Waals surface area contributed by atoms with Crippen molar-refractivity contribution >= 4 is 11.3 Å². The Balaban J connectivity index is 0.000000878. The molecule has 1 aliphatic heterocycles. The lowest BCUT2D eigenvalue weighted by molar-refractivity contribution is 0.209. The summed E-state index contributed by atoms with van der Waals surface area (Å²) in [5, 5.41) is 39.0. The molecule has 2 atom stereocenters. The monoisotopic (exact) mass is 395 g/mol. The lowest BCUT2D eigenvalue weighted by atomic mass is 9.59. The van der Waals surface area contributed by atoms with Gasteiger partial charge in [-0.3, -0.25) is 4.90 Å². The van der Waals surface area contributed by atoms with Crippen LogP contribution in [0.15, 0.2) is 40.4 Å². The largest absolute Gasteiger partial charge is 0.399 e. The molecule has 0 saturated heterocycles. The number of allylic oxidation sites excluding steroid dienone is 2. The van der Waals surface area contributed by atoms with Gasteiger partial charge in [-0.05, 0) is 36.9 Å². The van der Waals surface area contributed by atoms with E-state index in [4.69, 9.17) is 10.8 Å². The van der Waals surface area contributed by atoms with Gasteiger partial charge >= 0.3 is 0 Å². The molecular formula is C21H25N5OS. The standard InChI is InChI=1S/C19H19N5S.C2H6O/c1-2-6-24-7-5-13-14(9-20)18(23)19(11-21,12-22)17(15(13)10-24)16-4-3-8-25-16;1-2-3/h3-5,8,15,17H,2,6-7,10,23H2,1H3;3H,2H2,1H3. The highest BCUT2D eigenvalue weighted by molar-refractivity contribution is 7.10. The predicted molar refractivity (Wildman–Crippen MR) is 109 cm³/mol. The Morgan fingerprint density at radius 2 is 2.00 bits per heavy atom. The van der Waals surface area contributed by atoms with E-state index in [1.54, 1.807) is 6.92 Å². The molecule has 7 heteroatoms. The molecule has 2 heterocycles. The van der Waals surface area contributed by atoms with Gasteiger partial charge in [-0.25, -0.2) is 0 Å². The first-order chi connectivity index (χ1) is 13.5. The lowest BCUT2D eigenvalue weighted by Gasteiger charge is -2.45. The highest BCUT2D eigenvalue weighted by Gasteiger charge is 2.54. The molecule has 0 amide bonds. The molecule has 3 N–H and O–H groups in total. The van der Waals surface area contributed by atoms with Gasteiger partial charge in [0.25, 0.3) is 0 Å². The summed E-state index contributed by atoms with van der Waals surface area (Å²) in [6.07, 6.45) is 3.08. The van der Waals surface area contributed by atoms with Crippen LogP contribution in [-0.2, 0) is 0 Å². The number of aliphatic hydroxyl groups is 1. The highest BCUT2D eigenvalue weighted by Crippen LogP contribution is 2.54. The first kappa shape index (κ1) is 21.7. The number of nitrogens with two attached hydrogens (primary N) is 1. The molecule has 28 heavy (non-hydrogen) atoms. The van der Waals surface area contributed by atoms with Gasteiger partial charge in [-0.2, -0.15) is 15.8 Å². The molecule has 1 aliphatic carbocycles. The second kappa shape index (κ2) is 9.53. The van der Waals surface area contributed by atoms with Gasteiger partial charge in [-0.1, -0.05) is 19.1 Å². The van der Waals surface area contributed by atoms with E-state index in [1.807, 2.05) is 17.5 Å². The average Bonchev–Trinajstić information content (AvgIpc) is 3.22. The van der Waals surface area contributed by atoms with Crippen molar-refractivity contribution in [3.05, 3.63) is 45.3 Å². The normalized spacial score (nSPS) is 23.2. The lowest BCUT2D eigenvalue weighted by Crippen LogP contribution is -2.47. The molecule has 0 fully saturated rings. The van der Waals surface area contributed by atoms with Gasteiger partial charge in [0, 0.05) is 36.4 Å². The summed E-state index contributed by atoms with van der Waals surface area (Å²) < 4.78 is 0. The van der Waals surface area contributed by atoms with E-state index in [9.17, 15) is 15.8 Å². The first-order valence-electron chi connectivity index (χ1n) is 9.34. The Labute approximate surface area is 170 Å². The van der Waals surface area contributed by atoms with Crippen molar-refractivity contribution in [2.75, 3.05) is 26.2 Å². The van der Waals surface area contributed by atoms with Gasteiger partial charge in [0.05, 0.1) is 23.4 Å². The van der Waals surface area contributed by atoms with Crippen LogP contribution >= 0.6 is 11.3 Å². The first-order valence-corrected chi connectivity index (χ1v) is 10.2. The molecule has 6 nitrogen and oxygen atoms in total. The number of fused-ring (bicyclic) bond motifs is 1. The molecule has 0 saturated carbocycles. The van der Waals surface area contributed by atoms with Gasteiger partial charge in [-0.15, -0.1) is 11.3 Å². The van der Waals surface area contributed by atoms with E-state index >= 15 is 0 Å². The number of hydrogen-bond acceptors (Lipinski definition) is 7. The molecule has 0 aromatic carbocycles. The molecule has 3 rings (SSSR count). The van der Waals surface area contributed by atoms with Gasteiger partial charge in [0.15, 0.2) is 5.41 Å². The third kappa shape index (κ3) is 3.68.